The molecule has 1 saturated carbocycles. The maximum absolute atomic E-state index is 13.7. The van der Waals surface area contributed by atoms with Crippen molar-refractivity contribution < 1.29 is 40.2 Å². The van der Waals surface area contributed by atoms with E-state index >= 15 is 0 Å². The number of aliphatic hydroxyl groups is 1. The van der Waals surface area contributed by atoms with E-state index in [4.69, 9.17) is 0 Å². The SMILES string of the molecule is O[C@H]1c2c(C(F)(F)F)nn([C@@H]3CCCC(C(F)(F)F)C3)c2CC1(F)F. The lowest BCUT2D eigenvalue weighted by Crippen LogP contribution is -2.31. The maximum atomic E-state index is 13.7. The van der Waals surface area contributed by atoms with E-state index < -0.39 is 66.1 Å². The van der Waals surface area contributed by atoms with Crippen LogP contribution in [0.2, 0.25) is 0 Å². The van der Waals surface area contributed by atoms with Gasteiger partial charge in [0.25, 0.3) is 5.92 Å². The first kappa shape index (κ1) is 18.4. The van der Waals surface area contributed by atoms with Crippen molar-refractivity contribution in [3.05, 3.63) is 17.0 Å². The monoisotopic (exact) mass is 378 g/mol. The van der Waals surface area contributed by atoms with Gasteiger partial charge in [-0.1, -0.05) is 6.42 Å². The Kier molecular flexibility index (Phi) is 4.09. The Morgan fingerprint density at radius 3 is 2.28 bits per heavy atom. The fourth-order valence-electron chi connectivity index (χ4n) is 3.67. The van der Waals surface area contributed by atoms with Crippen LogP contribution in [0.4, 0.5) is 35.1 Å². The van der Waals surface area contributed by atoms with Crippen LogP contribution in [-0.2, 0) is 12.6 Å². The third-order valence-corrected chi connectivity index (χ3v) is 4.85. The molecule has 11 heteroatoms. The van der Waals surface area contributed by atoms with Crippen molar-refractivity contribution in [2.75, 3.05) is 0 Å². The Hall–Kier alpha value is -1.39. The Morgan fingerprint density at radius 2 is 1.72 bits per heavy atom. The predicted octanol–water partition coefficient (Wildman–Crippen LogP) is 4.42. The molecule has 0 aliphatic heterocycles. The third kappa shape index (κ3) is 3.11. The lowest BCUT2D eigenvalue weighted by Gasteiger charge is -2.31. The maximum Gasteiger partial charge on any atom is 0.435 e. The van der Waals surface area contributed by atoms with Crippen molar-refractivity contribution in [1.82, 2.24) is 9.78 Å². The summed E-state index contributed by atoms with van der Waals surface area (Å²) in [7, 11) is 0. The molecule has 1 heterocycles. The quantitative estimate of drug-likeness (QED) is 0.735. The minimum atomic E-state index is -5.09. The second kappa shape index (κ2) is 5.55. The zero-order chi connectivity index (χ0) is 18.8. The fraction of sp³-hybridized carbons (Fsp3) is 0.786. The average molecular weight is 378 g/mol. The van der Waals surface area contributed by atoms with Gasteiger partial charge in [-0.15, -0.1) is 0 Å². The van der Waals surface area contributed by atoms with Crippen LogP contribution < -0.4 is 0 Å². The molecule has 0 amide bonds. The van der Waals surface area contributed by atoms with Gasteiger partial charge in [0, 0.05) is 5.56 Å². The van der Waals surface area contributed by atoms with E-state index in [-0.39, 0.29) is 19.3 Å². The van der Waals surface area contributed by atoms with Crippen molar-refractivity contribution in [1.29, 1.82) is 0 Å². The number of aliphatic hydroxyl groups excluding tert-OH is 1. The van der Waals surface area contributed by atoms with Crippen LogP contribution in [0.15, 0.2) is 0 Å². The van der Waals surface area contributed by atoms with Crippen LogP contribution in [0.1, 0.15) is 54.8 Å². The summed E-state index contributed by atoms with van der Waals surface area (Å²) in [5.74, 6) is -5.53. The largest absolute Gasteiger partial charge is 0.435 e. The Morgan fingerprint density at radius 1 is 1.08 bits per heavy atom. The zero-order valence-electron chi connectivity index (χ0n) is 12.6. The second-order valence-corrected chi connectivity index (χ2v) is 6.55. The van der Waals surface area contributed by atoms with Gasteiger partial charge in [0.2, 0.25) is 0 Å². The van der Waals surface area contributed by atoms with Crippen molar-refractivity contribution in [2.24, 2.45) is 5.92 Å². The molecule has 0 saturated heterocycles. The summed E-state index contributed by atoms with van der Waals surface area (Å²) in [4.78, 5) is 0. The molecule has 25 heavy (non-hydrogen) atoms. The van der Waals surface area contributed by atoms with Gasteiger partial charge in [-0.05, 0) is 19.3 Å². The summed E-state index contributed by atoms with van der Waals surface area (Å²) in [6.45, 7) is 0. The molecule has 1 aromatic rings. The van der Waals surface area contributed by atoms with Gasteiger partial charge in [0.1, 0.15) is 6.10 Å². The number of rotatable bonds is 1. The van der Waals surface area contributed by atoms with Gasteiger partial charge in [0.05, 0.1) is 24.1 Å². The van der Waals surface area contributed by atoms with Gasteiger partial charge in [-0.3, -0.25) is 4.68 Å². The zero-order valence-corrected chi connectivity index (χ0v) is 12.6. The molecule has 0 bridgehead atoms. The molecule has 3 rings (SSSR count). The summed E-state index contributed by atoms with van der Waals surface area (Å²) in [6.07, 6.45) is -13.9. The van der Waals surface area contributed by atoms with E-state index in [0.29, 0.717) is 4.68 Å². The summed E-state index contributed by atoms with van der Waals surface area (Å²) in [5.41, 5.74) is -3.20. The first-order valence-corrected chi connectivity index (χ1v) is 7.63. The number of fused-ring (bicyclic) bond motifs is 1. The number of alkyl halides is 8. The van der Waals surface area contributed by atoms with Crippen LogP contribution in [0.25, 0.3) is 0 Å². The third-order valence-electron chi connectivity index (χ3n) is 4.85. The van der Waals surface area contributed by atoms with Crippen molar-refractivity contribution in [2.45, 2.75) is 62.5 Å². The molecule has 2 aliphatic rings. The molecule has 2 aliphatic carbocycles. The highest BCUT2D eigenvalue weighted by atomic mass is 19.4. The Balaban J connectivity index is 2.03. The highest BCUT2D eigenvalue weighted by Gasteiger charge is 2.55. The minimum Gasteiger partial charge on any atom is -0.382 e. The van der Waals surface area contributed by atoms with Crippen molar-refractivity contribution in [3.63, 3.8) is 0 Å². The van der Waals surface area contributed by atoms with Gasteiger partial charge in [0.15, 0.2) is 5.69 Å². The molecule has 1 N–H and O–H groups in total. The number of nitrogens with zero attached hydrogens (tertiary/aromatic N) is 2. The molecule has 3 atom stereocenters. The highest BCUT2D eigenvalue weighted by Crippen LogP contribution is 2.50. The molecule has 3 nitrogen and oxygen atoms in total. The van der Waals surface area contributed by atoms with Crippen LogP contribution >= 0.6 is 0 Å². The van der Waals surface area contributed by atoms with E-state index in [1.165, 1.54) is 0 Å². The average Bonchev–Trinajstić information content (AvgIpc) is 2.93. The molecule has 1 aromatic heterocycles. The van der Waals surface area contributed by atoms with E-state index in [0.717, 1.165) is 0 Å². The first-order chi connectivity index (χ1) is 11.3. The molecule has 0 aromatic carbocycles. The lowest BCUT2D eigenvalue weighted by molar-refractivity contribution is -0.185. The predicted molar refractivity (Wildman–Crippen MR) is 67.9 cm³/mol. The number of halogens is 8. The molecule has 0 spiro atoms. The number of hydrogen-bond donors (Lipinski definition) is 1. The van der Waals surface area contributed by atoms with Crippen LogP contribution in [-0.4, -0.2) is 27.0 Å². The number of hydrogen-bond acceptors (Lipinski definition) is 2. The van der Waals surface area contributed by atoms with Crippen molar-refractivity contribution in [3.8, 4) is 0 Å². The van der Waals surface area contributed by atoms with Crippen LogP contribution in [0, 0.1) is 5.92 Å². The molecular formula is C14H14F8N2O. The van der Waals surface area contributed by atoms with E-state index in [1.807, 2.05) is 0 Å². The lowest BCUT2D eigenvalue weighted by atomic mass is 9.85. The fourth-order valence-corrected chi connectivity index (χ4v) is 3.67. The summed E-state index contributed by atoms with van der Waals surface area (Å²) < 4.78 is 106. The standard InChI is InChI=1S/C14H14F8N2O/c15-12(16)5-8-9(11(12)25)10(14(20,21)22)23-24(8)7-3-1-2-6(4-7)13(17,18)19/h6-7,11,25H,1-5H2/t6?,7-,11+/m1/s1. The van der Waals surface area contributed by atoms with Crippen LogP contribution in [0.3, 0.4) is 0 Å². The minimum absolute atomic E-state index is 0.101. The summed E-state index contributed by atoms with van der Waals surface area (Å²) in [5, 5.41) is 12.9. The Labute approximate surface area is 136 Å². The van der Waals surface area contributed by atoms with Crippen LogP contribution in [0.5, 0.6) is 0 Å². The second-order valence-electron chi connectivity index (χ2n) is 6.55. The summed E-state index contributed by atoms with van der Waals surface area (Å²) in [6, 6.07) is -1.06. The smallest absolute Gasteiger partial charge is 0.382 e. The molecule has 0 radical (unpaired) electrons. The topological polar surface area (TPSA) is 38.1 Å². The van der Waals surface area contributed by atoms with Gasteiger partial charge in [-0.2, -0.15) is 31.4 Å². The molecular weight excluding hydrogens is 364 g/mol. The molecule has 1 fully saturated rings. The molecule has 142 valence electrons. The van der Waals surface area contributed by atoms with Crippen molar-refractivity contribution >= 4 is 0 Å². The molecule has 1 unspecified atom stereocenters. The highest BCUT2D eigenvalue weighted by molar-refractivity contribution is 5.38. The van der Waals surface area contributed by atoms with Gasteiger partial charge in [-0.25, -0.2) is 8.78 Å². The number of aromatic nitrogens is 2. The van der Waals surface area contributed by atoms with Gasteiger partial charge >= 0.3 is 12.4 Å². The van der Waals surface area contributed by atoms with E-state index in [9.17, 15) is 40.2 Å². The summed E-state index contributed by atoms with van der Waals surface area (Å²) >= 11 is 0. The normalized spacial score (nSPS) is 29.7. The van der Waals surface area contributed by atoms with Gasteiger partial charge < -0.3 is 5.11 Å². The van der Waals surface area contributed by atoms with E-state index in [2.05, 4.69) is 5.10 Å². The first-order valence-electron chi connectivity index (χ1n) is 7.63. The van der Waals surface area contributed by atoms with E-state index in [1.54, 1.807) is 0 Å². The Bertz CT molecular complexity index is 663.